The minimum absolute atomic E-state index is 0.107. The molecule has 1 aliphatic heterocycles. The van der Waals surface area contributed by atoms with E-state index in [-0.39, 0.29) is 17.0 Å². The van der Waals surface area contributed by atoms with Crippen molar-refractivity contribution in [2.24, 2.45) is 5.73 Å². The summed E-state index contributed by atoms with van der Waals surface area (Å²) < 4.78 is 14.5. The first-order valence-electron chi connectivity index (χ1n) is 6.45. The lowest BCUT2D eigenvalue weighted by atomic mass is 9.88. The van der Waals surface area contributed by atoms with Gasteiger partial charge in [0.05, 0.1) is 11.1 Å². The summed E-state index contributed by atoms with van der Waals surface area (Å²) in [6, 6.07) is 4.43. The average Bonchev–Trinajstić information content (AvgIpc) is 2.41. The maximum Gasteiger partial charge on any atom is 0.257 e. The van der Waals surface area contributed by atoms with Crippen molar-refractivity contribution in [3.63, 3.8) is 0 Å². The maximum absolute atomic E-state index is 13.8. The van der Waals surface area contributed by atoms with E-state index in [0.29, 0.717) is 17.6 Å². The molecule has 0 bridgehead atoms. The van der Waals surface area contributed by atoms with E-state index in [1.165, 1.54) is 12.1 Å². The summed E-state index contributed by atoms with van der Waals surface area (Å²) in [4.78, 5) is 14.3. The van der Waals surface area contributed by atoms with E-state index < -0.39 is 5.82 Å². The van der Waals surface area contributed by atoms with Gasteiger partial charge in [-0.25, -0.2) is 4.39 Å². The lowest BCUT2D eigenvalue weighted by Gasteiger charge is -2.44. The van der Waals surface area contributed by atoms with Crippen LogP contribution in [0.2, 0.25) is 0 Å². The van der Waals surface area contributed by atoms with E-state index in [1.807, 2.05) is 6.92 Å². The van der Waals surface area contributed by atoms with Crippen LogP contribution in [-0.2, 0) is 0 Å². The van der Waals surface area contributed by atoms with Gasteiger partial charge in [0.1, 0.15) is 5.82 Å². The predicted molar refractivity (Wildman–Crippen MR) is 76.4 cm³/mol. The van der Waals surface area contributed by atoms with Crippen molar-refractivity contribution < 1.29 is 9.18 Å². The van der Waals surface area contributed by atoms with Crippen LogP contribution >= 0.6 is 15.9 Å². The highest BCUT2D eigenvalue weighted by molar-refractivity contribution is 9.10. The quantitative estimate of drug-likeness (QED) is 0.907. The molecule has 1 aliphatic rings. The molecule has 1 unspecified atom stereocenters. The van der Waals surface area contributed by atoms with Crippen molar-refractivity contribution in [2.45, 2.75) is 31.7 Å². The van der Waals surface area contributed by atoms with Gasteiger partial charge in [0.2, 0.25) is 0 Å². The number of rotatable bonds is 2. The number of likely N-dealkylation sites (tertiary alicyclic amines) is 1. The number of benzene rings is 1. The molecular formula is C14H18BrFN2O. The summed E-state index contributed by atoms with van der Waals surface area (Å²) in [6.07, 6.45) is 2.86. The van der Waals surface area contributed by atoms with Crippen LogP contribution in [0.15, 0.2) is 22.7 Å². The standard InChI is InChI=1S/C14H18BrFN2O/c1-14(9-17)6-2-3-7-18(14)13(19)11-8-10(15)4-5-12(11)16/h4-5,8H,2-3,6-7,9,17H2,1H3. The molecule has 1 aromatic rings. The molecule has 1 fully saturated rings. The molecule has 1 saturated heterocycles. The van der Waals surface area contributed by atoms with Crippen molar-refractivity contribution in [3.05, 3.63) is 34.1 Å². The number of nitrogens with zero attached hydrogens (tertiary/aromatic N) is 1. The topological polar surface area (TPSA) is 46.3 Å². The first-order chi connectivity index (χ1) is 8.98. The van der Waals surface area contributed by atoms with Crippen LogP contribution in [0.25, 0.3) is 0 Å². The van der Waals surface area contributed by atoms with E-state index in [9.17, 15) is 9.18 Å². The molecule has 1 aromatic carbocycles. The average molecular weight is 329 g/mol. The normalized spacial score (nSPS) is 23.5. The lowest BCUT2D eigenvalue weighted by molar-refractivity contribution is 0.0398. The van der Waals surface area contributed by atoms with Crippen molar-refractivity contribution in [1.82, 2.24) is 4.90 Å². The van der Waals surface area contributed by atoms with Crippen LogP contribution in [0.1, 0.15) is 36.5 Å². The molecule has 2 rings (SSSR count). The molecule has 0 radical (unpaired) electrons. The molecule has 0 saturated carbocycles. The first kappa shape index (κ1) is 14.5. The van der Waals surface area contributed by atoms with E-state index in [4.69, 9.17) is 5.73 Å². The number of hydrogen-bond donors (Lipinski definition) is 1. The Labute approximate surface area is 121 Å². The molecule has 0 spiro atoms. The Balaban J connectivity index is 2.34. The smallest absolute Gasteiger partial charge is 0.257 e. The molecule has 1 amide bonds. The Morgan fingerprint density at radius 1 is 1.53 bits per heavy atom. The summed E-state index contributed by atoms with van der Waals surface area (Å²) in [5, 5.41) is 0. The van der Waals surface area contributed by atoms with Crippen LogP contribution in [0.3, 0.4) is 0 Å². The maximum atomic E-state index is 13.8. The van der Waals surface area contributed by atoms with Gasteiger partial charge in [-0.3, -0.25) is 4.79 Å². The summed E-state index contributed by atoms with van der Waals surface area (Å²) >= 11 is 3.27. The molecule has 3 nitrogen and oxygen atoms in total. The van der Waals surface area contributed by atoms with E-state index in [0.717, 1.165) is 19.3 Å². The van der Waals surface area contributed by atoms with Gasteiger partial charge in [0.15, 0.2) is 0 Å². The fraction of sp³-hybridized carbons (Fsp3) is 0.500. The molecule has 1 heterocycles. The predicted octanol–water partition coefficient (Wildman–Crippen LogP) is 2.93. The summed E-state index contributed by atoms with van der Waals surface area (Å²) in [6.45, 7) is 3.01. The molecule has 104 valence electrons. The van der Waals surface area contributed by atoms with Gasteiger partial charge in [-0.05, 0) is 44.4 Å². The molecule has 19 heavy (non-hydrogen) atoms. The van der Waals surface area contributed by atoms with Crippen LogP contribution in [0, 0.1) is 5.82 Å². The number of nitrogens with two attached hydrogens (primary N) is 1. The molecule has 1 atom stereocenters. The number of halogens is 2. The first-order valence-corrected chi connectivity index (χ1v) is 7.24. The van der Waals surface area contributed by atoms with Crippen molar-refractivity contribution in [3.8, 4) is 0 Å². The lowest BCUT2D eigenvalue weighted by Crippen LogP contribution is -2.56. The summed E-state index contributed by atoms with van der Waals surface area (Å²) in [5.41, 5.74) is 5.55. The number of amides is 1. The molecular weight excluding hydrogens is 311 g/mol. The van der Waals surface area contributed by atoms with Gasteiger partial charge < -0.3 is 10.6 Å². The summed E-state index contributed by atoms with van der Waals surface area (Å²) in [5.74, 6) is -0.760. The second-order valence-electron chi connectivity index (χ2n) is 5.24. The minimum atomic E-state index is -0.488. The van der Waals surface area contributed by atoms with Gasteiger partial charge in [0.25, 0.3) is 5.91 Å². The molecule has 5 heteroatoms. The van der Waals surface area contributed by atoms with Crippen molar-refractivity contribution in [2.75, 3.05) is 13.1 Å². The SMILES string of the molecule is CC1(CN)CCCCN1C(=O)c1cc(Br)ccc1F. The fourth-order valence-corrected chi connectivity index (χ4v) is 2.91. The Bertz CT molecular complexity index is 494. The van der Waals surface area contributed by atoms with Crippen LogP contribution < -0.4 is 5.73 Å². The monoisotopic (exact) mass is 328 g/mol. The van der Waals surface area contributed by atoms with E-state index >= 15 is 0 Å². The highest BCUT2D eigenvalue weighted by Gasteiger charge is 2.37. The Kier molecular flexibility index (Phi) is 4.26. The third kappa shape index (κ3) is 2.82. The van der Waals surface area contributed by atoms with Gasteiger partial charge in [-0.1, -0.05) is 15.9 Å². The van der Waals surface area contributed by atoms with Gasteiger partial charge in [0, 0.05) is 17.6 Å². The highest BCUT2D eigenvalue weighted by Crippen LogP contribution is 2.29. The zero-order valence-corrected chi connectivity index (χ0v) is 12.5. The van der Waals surface area contributed by atoms with Crippen LogP contribution in [0.4, 0.5) is 4.39 Å². The van der Waals surface area contributed by atoms with Crippen LogP contribution in [-0.4, -0.2) is 29.4 Å². The molecule has 0 aliphatic carbocycles. The minimum Gasteiger partial charge on any atom is -0.332 e. The number of carbonyl (C=O) groups is 1. The third-order valence-corrected chi connectivity index (χ3v) is 4.34. The van der Waals surface area contributed by atoms with Gasteiger partial charge >= 0.3 is 0 Å². The number of carbonyl (C=O) groups excluding carboxylic acids is 1. The van der Waals surface area contributed by atoms with Crippen molar-refractivity contribution in [1.29, 1.82) is 0 Å². The van der Waals surface area contributed by atoms with Crippen molar-refractivity contribution >= 4 is 21.8 Å². The second kappa shape index (κ2) is 5.59. The zero-order valence-electron chi connectivity index (χ0n) is 11.0. The largest absolute Gasteiger partial charge is 0.332 e. The number of hydrogen-bond acceptors (Lipinski definition) is 2. The molecule has 0 aromatic heterocycles. The fourth-order valence-electron chi connectivity index (χ4n) is 2.55. The number of piperidine rings is 1. The Morgan fingerprint density at radius 3 is 2.95 bits per heavy atom. The Morgan fingerprint density at radius 2 is 2.26 bits per heavy atom. The summed E-state index contributed by atoms with van der Waals surface area (Å²) in [7, 11) is 0. The third-order valence-electron chi connectivity index (χ3n) is 3.84. The van der Waals surface area contributed by atoms with Gasteiger partial charge in [-0.15, -0.1) is 0 Å². The van der Waals surface area contributed by atoms with E-state index in [2.05, 4.69) is 15.9 Å². The van der Waals surface area contributed by atoms with E-state index in [1.54, 1.807) is 11.0 Å². The second-order valence-corrected chi connectivity index (χ2v) is 6.15. The zero-order chi connectivity index (χ0) is 14.0. The van der Waals surface area contributed by atoms with Crippen LogP contribution in [0.5, 0.6) is 0 Å². The highest BCUT2D eigenvalue weighted by atomic mass is 79.9. The van der Waals surface area contributed by atoms with Gasteiger partial charge in [-0.2, -0.15) is 0 Å². The molecule has 2 N–H and O–H groups in total. The Hall–Kier alpha value is -0.940.